The average molecular weight is 410 g/mol. The molecule has 1 amide bonds. The number of carbonyl (C=O) groups is 1. The first-order valence-corrected chi connectivity index (χ1v) is 8.13. The van der Waals surface area contributed by atoms with E-state index in [0.717, 1.165) is 4.68 Å². The third-order valence-electron chi connectivity index (χ3n) is 3.40. The van der Waals surface area contributed by atoms with Crippen LogP contribution in [0.1, 0.15) is 24.7 Å². The molecule has 27 heavy (non-hydrogen) atoms. The van der Waals surface area contributed by atoms with Gasteiger partial charge >= 0.3 is 6.61 Å². The van der Waals surface area contributed by atoms with Gasteiger partial charge in [0.15, 0.2) is 11.5 Å². The van der Waals surface area contributed by atoms with E-state index in [9.17, 15) is 22.4 Å². The van der Waals surface area contributed by atoms with E-state index in [1.165, 1.54) is 25.1 Å². The Morgan fingerprint density at radius 1 is 1.30 bits per heavy atom. The highest BCUT2D eigenvalue weighted by atomic mass is 35.5. The molecule has 0 spiro atoms. The summed E-state index contributed by atoms with van der Waals surface area (Å²) in [5, 5.41) is 5.93. The Labute approximate surface area is 157 Å². The van der Waals surface area contributed by atoms with E-state index in [2.05, 4.69) is 15.2 Å². The zero-order valence-corrected chi connectivity index (χ0v) is 15.1. The Bertz CT molecular complexity index is 814. The van der Waals surface area contributed by atoms with Gasteiger partial charge in [-0.1, -0.05) is 11.6 Å². The summed E-state index contributed by atoms with van der Waals surface area (Å²) in [7, 11) is 0. The van der Waals surface area contributed by atoms with Crippen molar-refractivity contribution in [1.82, 2.24) is 9.78 Å². The van der Waals surface area contributed by atoms with Crippen LogP contribution in [0, 0.1) is 6.92 Å². The maximum absolute atomic E-state index is 12.8. The number of nitrogens with one attached hydrogen (secondary N) is 1. The molecule has 0 atom stereocenters. The van der Waals surface area contributed by atoms with E-state index < -0.39 is 24.6 Å². The molecule has 0 aliphatic carbocycles. The van der Waals surface area contributed by atoms with E-state index in [1.807, 2.05) is 0 Å². The lowest BCUT2D eigenvalue weighted by molar-refractivity contribution is -0.117. The Morgan fingerprint density at radius 2 is 2.00 bits per heavy atom. The fraction of sp³-hybridized carbons (Fsp3) is 0.375. The number of carbonyl (C=O) groups excluding carboxylic acids is 1. The summed E-state index contributed by atoms with van der Waals surface area (Å²) in [4.78, 5) is 12.2. The Kier molecular flexibility index (Phi) is 6.89. The molecule has 0 unspecified atom stereocenters. The summed E-state index contributed by atoms with van der Waals surface area (Å²) < 4.78 is 61.0. The minimum absolute atomic E-state index is 0.0221. The van der Waals surface area contributed by atoms with Gasteiger partial charge < -0.3 is 14.8 Å². The van der Waals surface area contributed by atoms with Gasteiger partial charge in [0.25, 0.3) is 6.43 Å². The fourth-order valence-corrected chi connectivity index (χ4v) is 2.44. The van der Waals surface area contributed by atoms with Gasteiger partial charge in [0, 0.05) is 11.8 Å². The number of anilines is 1. The minimum atomic E-state index is -3.03. The van der Waals surface area contributed by atoms with E-state index in [0.29, 0.717) is 0 Å². The number of nitrogens with zero attached hydrogens (tertiary/aromatic N) is 2. The highest BCUT2D eigenvalue weighted by molar-refractivity contribution is 6.31. The quantitative estimate of drug-likeness (QED) is 0.655. The molecular weight excluding hydrogens is 394 g/mol. The van der Waals surface area contributed by atoms with Crippen LogP contribution in [-0.2, 0) is 11.3 Å². The zero-order chi connectivity index (χ0) is 20.1. The maximum atomic E-state index is 12.8. The van der Waals surface area contributed by atoms with Gasteiger partial charge in [-0.05, 0) is 26.0 Å². The summed E-state index contributed by atoms with van der Waals surface area (Å²) in [5.74, 6) is -0.738. The highest BCUT2D eigenvalue weighted by Gasteiger charge is 2.21. The summed E-state index contributed by atoms with van der Waals surface area (Å²) in [6.07, 6.45) is -2.86. The van der Waals surface area contributed by atoms with Gasteiger partial charge in [0.05, 0.1) is 17.3 Å². The first-order valence-electron chi connectivity index (χ1n) is 7.75. The van der Waals surface area contributed by atoms with E-state index >= 15 is 0 Å². The lowest BCUT2D eigenvalue weighted by Gasteiger charge is -2.13. The van der Waals surface area contributed by atoms with Crippen LogP contribution in [0.3, 0.4) is 0 Å². The molecule has 11 heteroatoms. The average Bonchev–Trinajstić information content (AvgIpc) is 2.85. The Morgan fingerprint density at radius 3 is 2.56 bits per heavy atom. The first-order chi connectivity index (χ1) is 12.7. The third-order valence-corrected chi connectivity index (χ3v) is 3.87. The van der Waals surface area contributed by atoms with Crippen LogP contribution >= 0.6 is 11.6 Å². The van der Waals surface area contributed by atoms with Gasteiger partial charge in [0.2, 0.25) is 5.91 Å². The van der Waals surface area contributed by atoms with Gasteiger partial charge in [-0.3, -0.25) is 9.48 Å². The van der Waals surface area contributed by atoms with Crippen LogP contribution in [0.4, 0.5) is 23.2 Å². The lowest BCUT2D eigenvalue weighted by Crippen LogP contribution is -2.20. The molecule has 2 rings (SSSR count). The van der Waals surface area contributed by atoms with Crippen LogP contribution in [0.15, 0.2) is 18.2 Å². The molecule has 0 saturated carbocycles. The molecule has 1 N–H and O–H groups in total. The molecule has 0 bridgehead atoms. The molecular formula is C16H16ClF4N3O3. The number of hydrogen-bond acceptors (Lipinski definition) is 4. The van der Waals surface area contributed by atoms with Crippen LogP contribution in [-0.4, -0.2) is 28.9 Å². The summed E-state index contributed by atoms with van der Waals surface area (Å²) in [6.45, 7) is -0.0859. The van der Waals surface area contributed by atoms with Crippen molar-refractivity contribution in [3.63, 3.8) is 0 Å². The number of ether oxygens (including phenoxy) is 2. The molecule has 0 saturated heterocycles. The van der Waals surface area contributed by atoms with Gasteiger partial charge in [-0.25, -0.2) is 8.78 Å². The summed E-state index contributed by atoms with van der Waals surface area (Å²) >= 11 is 5.78. The van der Waals surface area contributed by atoms with Crippen molar-refractivity contribution in [2.75, 3.05) is 11.9 Å². The highest BCUT2D eigenvalue weighted by Crippen LogP contribution is 2.32. The number of hydrogen-bond donors (Lipinski definition) is 1. The lowest BCUT2D eigenvalue weighted by atomic mass is 10.2. The van der Waals surface area contributed by atoms with Crippen LogP contribution in [0.5, 0.6) is 11.5 Å². The molecule has 0 fully saturated rings. The summed E-state index contributed by atoms with van der Waals surface area (Å²) in [6, 6.07) is 3.87. The smallest absolute Gasteiger partial charge is 0.387 e. The monoisotopic (exact) mass is 409 g/mol. The van der Waals surface area contributed by atoms with Crippen molar-refractivity contribution in [1.29, 1.82) is 0 Å². The molecule has 1 aromatic carbocycles. The van der Waals surface area contributed by atoms with Crippen molar-refractivity contribution in [3.05, 3.63) is 34.6 Å². The molecule has 1 heterocycles. The topological polar surface area (TPSA) is 65.4 Å². The van der Waals surface area contributed by atoms with Gasteiger partial charge in [-0.2, -0.15) is 13.9 Å². The standard InChI is InChI=1S/C16H16ClF4N3O3/c1-3-26-11-6-9(4-5-10(11)27-16(20)21)22-12(25)7-24-8(2)13(17)14(23-24)15(18)19/h4-6,15-16H,3,7H2,1-2H3,(H,22,25). The van der Waals surface area contributed by atoms with Crippen molar-refractivity contribution in [3.8, 4) is 11.5 Å². The second kappa shape index (κ2) is 8.94. The number of benzene rings is 1. The molecule has 1 aromatic heterocycles. The van der Waals surface area contributed by atoms with Crippen LogP contribution in [0.25, 0.3) is 0 Å². The predicted molar refractivity (Wildman–Crippen MR) is 89.8 cm³/mol. The van der Waals surface area contributed by atoms with E-state index in [1.54, 1.807) is 6.92 Å². The summed E-state index contributed by atoms with van der Waals surface area (Å²) in [5.41, 5.74) is -0.137. The molecule has 0 radical (unpaired) electrons. The van der Waals surface area contributed by atoms with Gasteiger partial charge in [0.1, 0.15) is 12.2 Å². The number of amides is 1. The number of aromatic nitrogens is 2. The van der Waals surface area contributed by atoms with Crippen molar-refractivity contribution in [2.24, 2.45) is 0 Å². The molecule has 2 aromatic rings. The number of alkyl halides is 4. The van der Waals surface area contributed by atoms with Crippen LogP contribution in [0.2, 0.25) is 5.02 Å². The van der Waals surface area contributed by atoms with Crippen molar-refractivity contribution < 1.29 is 31.8 Å². The van der Waals surface area contributed by atoms with Crippen LogP contribution < -0.4 is 14.8 Å². The number of rotatable bonds is 8. The molecule has 148 valence electrons. The third kappa shape index (κ3) is 5.25. The molecule has 6 nitrogen and oxygen atoms in total. The fourth-order valence-electron chi connectivity index (χ4n) is 2.22. The largest absolute Gasteiger partial charge is 0.490 e. The first kappa shape index (κ1) is 20.8. The maximum Gasteiger partial charge on any atom is 0.387 e. The normalized spacial score (nSPS) is 11.1. The Hall–Kier alpha value is -2.49. The zero-order valence-electron chi connectivity index (χ0n) is 14.3. The van der Waals surface area contributed by atoms with E-state index in [4.69, 9.17) is 16.3 Å². The Balaban J connectivity index is 2.14. The minimum Gasteiger partial charge on any atom is -0.490 e. The second-order valence-electron chi connectivity index (χ2n) is 5.26. The number of halogens is 5. The predicted octanol–water partition coefficient (Wildman–Crippen LogP) is 4.42. The van der Waals surface area contributed by atoms with E-state index in [-0.39, 0.29) is 41.1 Å². The van der Waals surface area contributed by atoms with Gasteiger partial charge in [-0.15, -0.1) is 0 Å². The van der Waals surface area contributed by atoms with Crippen molar-refractivity contribution >= 4 is 23.2 Å². The second-order valence-corrected chi connectivity index (χ2v) is 5.64. The molecule has 0 aliphatic heterocycles. The van der Waals surface area contributed by atoms with Crippen molar-refractivity contribution in [2.45, 2.75) is 33.4 Å². The molecule has 0 aliphatic rings. The SMILES string of the molecule is CCOc1cc(NC(=O)Cn2nc(C(F)F)c(Cl)c2C)ccc1OC(F)F.